The highest BCUT2D eigenvalue weighted by Crippen LogP contribution is 2.12. The van der Waals surface area contributed by atoms with E-state index in [1.54, 1.807) is 54.6 Å². The molecule has 0 fully saturated rings. The normalized spacial score (nSPS) is 11.3. The average Bonchev–Trinajstić information content (AvgIpc) is 2.66. The second kappa shape index (κ2) is 8.63. The van der Waals surface area contributed by atoms with E-state index in [4.69, 9.17) is 9.47 Å². The van der Waals surface area contributed by atoms with Gasteiger partial charge in [-0.2, -0.15) is 0 Å². The lowest BCUT2D eigenvalue weighted by atomic mass is 10.1. The molecule has 1 amide bonds. The van der Waals surface area contributed by atoms with E-state index in [1.165, 1.54) is 14.0 Å². The fourth-order valence-electron chi connectivity index (χ4n) is 2.05. The second-order valence-corrected chi connectivity index (χ2v) is 5.32. The quantitative estimate of drug-likeness (QED) is 0.617. The van der Waals surface area contributed by atoms with Crippen LogP contribution in [0.2, 0.25) is 0 Å². The Morgan fingerprint density at radius 2 is 1.60 bits per heavy atom. The Morgan fingerprint density at radius 3 is 2.20 bits per heavy atom. The van der Waals surface area contributed by atoms with Crippen molar-refractivity contribution in [2.24, 2.45) is 0 Å². The van der Waals surface area contributed by atoms with Crippen molar-refractivity contribution in [2.45, 2.75) is 13.0 Å². The lowest BCUT2D eigenvalue weighted by Crippen LogP contribution is -2.40. The number of Topliss-reactive ketones (excluding diaryl/α,β-unsaturated/α-hetero) is 1. The van der Waals surface area contributed by atoms with E-state index < -0.39 is 18.6 Å². The van der Waals surface area contributed by atoms with E-state index in [1.807, 2.05) is 0 Å². The molecule has 1 N–H and O–H groups in total. The molecule has 1 atom stereocenters. The molecule has 0 unspecified atom stereocenters. The van der Waals surface area contributed by atoms with Crippen molar-refractivity contribution >= 4 is 17.7 Å². The third kappa shape index (κ3) is 5.17. The number of hydrogen-bond donors (Lipinski definition) is 1. The lowest BCUT2D eigenvalue weighted by Gasteiger charge is -2.13. The molecule has 6 nitrogen and oxygen atoms in total. The topological polar surface area (TPSA) is 81.7 Å². The number of carbonyl (C=O) groups is 3. The lowest BCUT2D eigenvalue weighted by molar-refractivity contribution is -0.144. The summed E-state index contributed by atoms with van der Waals surface area (Å²) in [5, 5.41) is 2.53. The molecule has 0 heterocycles. The first-order chi connectivity index (χ1) is 12.0. The summed E-state index contributed by atoms with van der Waals surface area (Å²) in [6.45, 7) is 1.11. The van der Waals surface area contributed by atoms with Gasteiger partial charge in [0.2, 0.25) is 0 Å². The number of benzene rings is 2. The van der Waals surface area contributed by atoms with Crippen molar-refractivity contribution in [3.8, 4) is 5.75 Å². The minimum atomic E-state index is -0.864. The van der Waals surface area contributed by atoms with Crippen LogP contribution in [0.4, 0.5) is 0 Å². The molecule has 2 aromatic carbocycles. The standard InChI is InChI=1S/C19H19NO5/c1-13(20-18(22)15-6-4-3-5-7-15)19(23)25-12-17(21)14-8-10-16(24-2)11-9-14/h3-11,13H,12H2,1-2H3,(H,20,22)/t13-/m0/s1. The van der Waals surface area contributed by atoms with E-state index >= 15 is 0 Å². The maximum Gasteiger partial charge on any atom is 0.328 e. The SMILES string of the molecule is COc1ccc(C(=O)COC(=O)[C@H](C)NC(=O)c2ccccc2)cc1. The predicted molar refractivity (Wildman–Crippen MR) is 91.7 cm³/mol. The first-order valence-electron chi connectivity index (χ1n) is 7.71. The highest BCUT2D eigenvalue weighted by molar-refractivity contribution is 5.99. The molecule has 0 aliphatic rings. The number of nitrogens with one attached hydrogen (secondary N) is 1. The van der Waals surface area contributed by atoms with Crippen molar-refractivity contribution in [3.05, 3.63) is 65.7 Å². The van der Waals surface area contributed by atoms with E-state index in [-0.39, 0.29) is 11.7 Å². The fraction of sp³-hybridized carbons (Fsp3) is 0.211. The zero-order valence-corrected chi connectivity index (χ0v) is 14.0. The minimum Gasteiger partial charge on any atom is -0.497 e. The van der Waals surface area contributed by atoms with Crippen molar-refractivity contribution in [1.29, 1.82) is 0 Å². The van der Waals surface area contributed by atoms with Crippen molar-refractivity contribution in [3.63, 3.8) is 0 Å². The van der Waals surface area contributed by atoms with Gasteiger partial charge in [0.25, 0.3) is 5.91 Å². The molecule has 130 valence electrons. The highest BCUT2D eigenvalue weighted by atomic mass is 16.5. The first-order valence-corrected chi connectivity index (χ1v) is 7.71. The summed E-state index contributed by atoms with van der Waals surface area (Å²) in [5.41, 5.74) is 0.853. The van der Waals surface area contributed by atoms with Gasteiger partial charge in [-0.15, -0.1) is 0 Å². The summed E-state index contributed by atoms with van der Waals surface area (Å²) in [7, 11) is 1.53. The molecule has 0 aliphatic heterocycles. The molecular weight excluding hydrogens is 322 g/mol. The van der Waals surface area contributed by atoms with Crippen LogP contribution < -0.4 is 10.1 Å². The molecule has 0 saturated heterocycles. The molecule has 2 rings (SSSR count). The Bertz CT molecular complexity index is 740. The summed E-state index contributed by atoms with van der Waals surface area (Å²) >= 11 is 0. The van der Waals surface area contributed by atoms with Crippen LogP contribution in [0, 0.1) is 0 Å². The monoisotopic (exact) mass is 341 g/mol. The number of carbonyl (C=O) groups excluding carboxylic acids is 3. The van der Waals surface area contributed by atoms with Crippen LogP contribution in [0.25, 0.3) is 0 Å². The van der Waals surface area contributed by atoms with E-state index in [0.29, 0.717) is 16.9 Å². The maximum atomic E-state index is 12.0. The number of esters is 1. The Balaban J connectivity index is 1.84. The number of ether oxygens (including phenoxy) is 2. The number of hydrogen-bond acceptors (Lipinski definition) is 5. The molecule has 0 aliphatic carbocycles. The van der Waals surface area contributed by atoms with Crippen LogP contribution in [-0.2, 0) is 9.53 Å². The third-order valence-electron chi connectivity index (χ3n) is 3.49. The molecule has 0 spiro atoms. The molecule has 2 aromatic rings. The van der Waals surface area contributed by atoms with Gasteiger partial charge in [0.1, 0.15) is 11.8 Å². The van der Waals surface area contributed by atoms with Crippen molar-refractivity contribution in [2.75, 3.05) is 13.7 Å². The van der Waals surface area contributed by atoms with E-state index in [2.05, 4.69) is 5.32 Å². The fourth-order valence-corrected chi connectivity index (χ4v) is 2.05. The smallest absolute Gasteiger partial charge is 0.328 e. The van der Waals surface area contributed by atoms with E-state index in [0.717, 1.165) is 0 Å². The van der Waals surface area contributed by atoms with Gasteiger partial charge < -0.3 is 14.8 Å². The Morgan fingerprint density at radius 1 is 0.960 bits per heavy atom. The van der Waals surface area contributed by atoms with Gasteiger partial charge >= 0.3 is 5.97 Å². The largest absolute Gasteiger partial charge is 0.497 e. The van der Waals surface area contributed by atoms with Gasteiger partial charge in [-0.25, -0.2) is 4.79 Å². The molecular formula is C19H19NO5. The van der Waals surface area contributed by atoms with Crippen LogP contribution in [-0.4, -0.2) is 37.4 Å². The Labute approximate surface area is 145 Å². The van der Waals surface area contributed by atoms with Crippen LogP contribution in [0.1, 0.15) is 27.6 Å². The second-order valence-electron chi connectivity index (χ2n) is 5.32. The summed E-state index contributed by atoms with van der Waals surface area (Å²) in [6.07, 6.45) is 0. The molecule has 25 heavy (non-hydrogen) atoms. The van der Waals surface area contributed by atoms with Gasteiger partial charge in [0.15, 0.2) is 12.4 Å². The zero-order chi connectivity index (χ0) is 18.2. The van der Waals surface area contributed by atoms with Gasteiger partial charge in [-0.3, -0.25) is 9.59 Å². The number of methoxy groups -OCH3 is 1. The Hall–Kier alpha value is -3.15. The summed E-state index contributed by atoms with van der Waals surface area (Å²) in [5.74, 6) is -0.763. The predicted octanol–water partition coefficient (Wildman–Crippen LogP) is 2.24. The Kier molecular flexibility index (Phi) is 6.28. The van der Waals surface area contributed by atoms with Gasteiger partial charge in [-0.05, 0) is 43.3 Å². The summed E-state index contributed by atoms with van der Waals surface area (Å²) in [6, 6.07) is 14.1. The highest BCUT2D eigenvalue weighted by Gasteiger charge is 2.19. The molecule has 0 aromatic heterocycles. The number of ketones is 1. The number of amides is 1. The van der Waals surface area contributed by atoms with Crippen LogP contribution in [0.15, 0.2) is 54.6 Å². The van der Waals surface area contributed by atoms with Crippen LogP contribution in [0.5, 0.6) is 5.75 Å². The van der Waals surface area contributed by atoms with Gasteiger partial charge in [-0.1, -0.05) is 18.2 Å². The van der Waals surface area contributed by atoms with Crippen LogP contribution in [0.3, 0.4) is 0 Å². The molecule has 0 radical (unpaired) electrons. The molecule has 0 bridgehead atoms. The molecule has 0 saturated carbocycles. The zero-order valence-electron chi connectivity index (χ0n) is 14.0. The third-order valence-corrected chi connectivity index (χ3v) is 3.49. The summed E-state index contributed by atoms with van der Waals surface area (Å²) < 4.78 is 9.99. The molecule has 6 heteroatoms. The number of rotatable bonds is 7. The summed E-state index contributed by atoms with van der Waals surface area (Å²) in [4.78, 5) is 35.9. The van der Waals surface area contributed by atoms with Gasteiger partial charge in [0.05, 0.1) is 7.11 Å². The average molecular weight is 341 g/mol. The minimum absolute atomic E-state index is 0.336. The maximum absolute atomic E-state index is 12.0. The van der Waals surface area contributed by atoms with Crippen molar-refractivity contribution < 1.29 is 23.9 Å². The van der Waals surface area contributed by atoms with Crippen LogP contribution >= 0.6 is 0 Å². The van der Waals surface area contributed by atoms with Gasteiger partial charge in [0, 0.05) is 11.1 Å². The van der Waals surface area contributed by atoms with Crippen molar-refractivity contribution in [1.82, 2.24) is 5.32 Å². The van der Waals surface area contributed by atoms with E-state index in [9.17, 15) is 14.4 Å². The first kappa shape index (κ1) is 18.2.